The van der Waals surface area contributed by atoms with Crippen LogP contribution in [0.25, 0.3) is 0 Å². The summed E-state index contributed by atoms with van der Waals surface area (Å²) in [6, 6.07) is 0. The summed E-state index contributed by atoms with van der Waals surface area (Å²) in [4.78, 5) is 12.0. The van der Waals surface area contributed by atoms with E-state index in [1.807, 2.05) is 20.8 Å². The van der Waals surface area contributed by atoms with Crippen molar-refractivity contribution >= 4 is 5.78 Å². The van der Waals surface area contributed by atoms with Gasteiger partial charge in [0.2, 0.25) is 0 Å². The molecule has 17 heteroatoms. The van der Waals surface area contributed by atoms with Gasteiger partial charge < -0.3 is 79.5 Å². The smallest absolute Gasteiger partial charge is 0.187 e. The van der Waals surface area contributed by atoms with Gasteiger partial charge in [-0.05, 0) is 44.1 Å². The van der Waals surface area contributed by atoms with Crippen molar-refractivity contribution in [2.75, 3.05) is 19.8 Å². The highest BCUT2D eigenvalue weighted by Gasteiger charge is 2.53. The van der Waals surface area contributed by atoms with Crippen LogP contribution in [0.5, 0.6) is 0 Å². The Morgan fingerprint density at radius 1 is 0.729 bits per heavy atom. The molecule has 0 bridgehead atoms. The Labute approximate surface area is 278 Å². The first-order valence-corrected chi connectivity index (χ1v) is 16.3. The fraction of sp³-hybridized carbons (Fsp3) is 0.903. The molecule has 17 atom stereocenters. The number of rotatable bonds is 12. The fourth-order valence-electron chi connectivity index (χ4n) is 7.07. The minimum Gasteiger partial charge on any atom is -0.394 e. The van der Waals surface area contributed by atoms with Gasteiger partial charge in [0.15, 0.2) is 24.7 Å². The number of ether oxygens (including phenoxy) is 6. The summed E-state index contributed by atoms with van der Waals surface area (Å²) in [6.45, 7) is 5.49. The predicted molar refractivity (Wildman–Crippen MR) is 159 cm³/mol. The molecule has 0 aromatic heterocycles. The second-order valence-corrected chi connectivity index (χ2v) is 13.9. The molecule has 3 heterocycles. The van der Waals surface area contributed by atoms with Crippen LogP contribution < -0.4 is 0 Å². The Morgan fingerprint density at radius 2 is 1.19 bits per heavy atom. The second-order valence-electron chi connectivity index (χ2n) is 13.9. The third-order valence-electron chi connectivity index (χ3n) is 9.81. The van der Waals surface area contributed by atoms with Gasteiger partial charge in [-0.2, -0.15) is 0 Å². The first kappa shape index (κ1) is 39.6. The maximum atomic E-state index is 12.0. The van der Waals surface area contributed by atoms with Gasteiger partial charge in [0.05, 0.1) is 25.9 Å². The van der Waals surface area contributed by atoms with E-state index in [0.29, 0.717) is 19.3 Å². The molecule has 0 saturated carbocycles. The van der Waals surface area contributed by atoms with Crippen molar-refractivity contribution < 1.29 is 84.3 Å². The largest absolute Gasteiger partial charge is 0.394 e. The Morgan fingerprint density at radius 3 is 1.69 bits per heavy atom. The van der Waals surface area contributed by atoms with Crippen LogP contribution in [-0.4, -0.2) is 175 Å². The lowest BCUT2D eigenvalue weighted by atomic mass is 9.66. The Bertz CT molecular complexity index is 1080. The molecule has 278 valence electrons. The maximum absolute atomic E-state index is 12.0. The third-order valence-corrected chi connectivity index (χ3v) is 9.81. The highest BCUT2D eigenvalue weighted by Crippen LogP contribution is 2.42. The van der Waals surface area contributed by atoms with Gasteiger partial charge in [-0.25, -0.2) is 0 Å². The number of aliphatic hydroxyl groups is 10. The lowest BCUT2D eigenvalue weighted by molar-refractivity contribution is -0.380. The zero-order valence-electron chi connectivity index (χ0n) is 27.5. The number of allylic oxidation sites excluding steroid dienone is 2. The van der Waals surface area contributed by atoms with Crippen molar-refractivity contribution in [3.05, 3.63) is 11.6 Å². The van der Waals surface area contributed by atoms with E-state index in [2.05, 4.69) is 0 Å². The Balaban J connectivity index is 1.37. The number of aliphatic hydroxyl groups excluding tert-OH is 10. The van der Waals surface area contributed by atoms with Crippen LogP contribution >= 0.6 is 0 Å². The van der Waals surface area contributed by atoms with E-state index in [1.165, 1.54) is 0 Å². The second kappa shape index (κ2) is 16.4. The summed E-state index contributed by atoms with van der Waals surface area (Å²) in [5, 5.41) is 104. The predicted octanol–water partition coefficient (Wildman–Crippen LogP) is -3.82. The number of hydrogen-bond acceptors (Lipinski definition) is 17. The quantitative estimate of drug-likeness (QED) is 0.0936. The number of carbonyl (C=O) groups is 1. The SMILES string of the molecule is CC1=CC(=O)CC(C)(C)C1CCC(C)OC1OC(CO)C(OC2OC(CO)C(OC3OC(CO)C(O)C(O)C3O)C(O)C2O)C(O)C1O. The topological polar surface area (TPSA) is 275 Å². The molecule has 0 amide bonds. The molecule has 3 aliphatic heterocycles. The van der Waals surface area contributed by atoms with Crippen molar-refractivity contribution in [2.24, 2.45) is 11.3 Å². The molecule has 10 N–H and O–H groups in total. The van der Waals surface area contributed by atoms with E-state index in [-0.39, 0.29) is 17.1 Å². The van der Waals surface area contributed by atoms with Crippen LogP contribution in [0.3, 0.4) is 0 Å². The molecular weight excluding hydrogens is 644 g/mol. The molecule has 0 radical (unpaired) electrons. The molecule has 3 fully saturated rings. The van der Waals surface area contributed by atoms with Crippen molar-refractivity contribution in [1.82, 2.24) is 0 Å². The van der Waals surface area contributed by atoms with Crippen LogP contribution in [0.1, 0.15) is 47.0 Å². The Kier molecular flexibility index (Phi) is 13.5. The molecule has 48 heavy (non-hydrogen) atoms. The molecule has 3 saturated heterocycles. The molecule has 4 rings (SSSR count). The minimum absolute atomic E-state index is 0.0892. The normalized spacial score (nSPS) is 45.9. The highest BCUT2D eigenvalue weighted by molar-refractivity contribution is 5.91. The molecule has 17 unspecified atom stereocenters. The summed E-state index contributed by atoms with van der Waals surface area (Å²) in [7, 11) is 0. The molecule has 4 aliphatic rings. The van der Waals surface area contributed by atoms with Crippen LogP contribution in [0.2, 0.25) is 0 Å². The number of hydrogen-bond donors (Lipinski definition) is 10. The van der Waals surface area contributed by atoms with Gasteiger partial charge in [-0.15, -0.1) is 0 Å². The van der Waals surface area contributed by atoms with Gasteiger partial charge >= 0.3 is 0 Å². The zero-order chi connectivity index (χ0) is 35.7. The van der Waals surface area contributed by atoms with Crippen LogP contribution in [0, 0.1) is 11.3 Å². The molecular formula is C31H52O17. The summed E-state index contributed by atoms with van der Waals surface area (Å²) in [6.07, 6.45) is -21.6. The van der Waals surface area contributed by atoms with E-state index in [1.54, 1.807) is 13.0 Å². The molecule has 0 aromatic rings. The molecule has 0 aromatic carbocycles. The van der Waals surface area contributed by atoms with E-state index in [9.17, 15) is 55.9 Å². The van der Waals surface area contributed by atoms with Crippen molar-refractivity contribution in [3.63, 3.8) is 0 Å². The average Bonchev–Trinajstić information content (AvgIpc) is 3.02. The van der Waals surface area contributed by atoms with E-state index >= 15 is 0 Å². The Hall–Kier alpha value is -1.23. The first-order valence-electron chi connectivity index (χ1n) is 16.3. The lowest BCUT2D eigenvalue weighted by Gasteiger charge is -2.48. The standard InChI is InChI=1S/C31H52O17/c1-12-7-14(35)8-31(3,4)15(12)6-5-13(2)43-28-24(41)21(38)26(17(10-33)45-28)48-30-25(42)22(39)27(18(11-34)46-30)47-29-23(40)20(37)19(36)16(9-32)44-29/h7,13,15-30,32-34,36-42H,5-6,8-11H2,1-4H3. The number of ketones is 1. The van der Waals surface area contributed by atoms with Gasteiger partial charge in [-0.1, -0.05) is 19.4 Å². The average molecular weight is 697 g/mol. The first-order chi connectivity index (χ1) is 22.5. The van der Waals surface area contributed by atoms with E-state index < -0.39 is 118 Å². The van der Waals surface area contributed by atoms with Crippen LogP contribution in [0.4, 0.5) is 0 Å². The number of carbonyl (C=O) groups excluding carboxylic acids is 1. The molecule has 17 nitrogen and oxygen atoms in total. The zero-order valence-corrected chi connectivity index (χ0v) is 27.5. The summed E-state index contributed by atoms with van der Waals surface area (Å²) in [5.41, 5.74) is 0.750. The monoisotopic (exact) mass is 696 g/mol. The highest BCUT2D eigenvalue weighted by atomic mass is 16.8. The molecule has 1 aliphatic carbocycles. The minimum atomic E-state index is -1.92. The third kappa shape index (κ3) is 8.45. The van der Waals surface area contributed by atoms with Gasteiger partial charge in [0.25, 0.3) is 0 Å². The van der Waals surface area contributed by atoms with E-state index in [4.69, 9.17) is 28.4 Å². The van der Waals surface area contributed by atoms with Crippen molar-refractivity contribution in [3.8, 4) is 0 Å². The summed E-state index contributed by atoms with van der Waals surface area (Å²) < 4.78 is 33.8. The summed E-state index contributed by atoms with van der Waals surface area (Å²) >= 11 is 0. The maximum Gasteiger partial charge on any atom is 0.187 e. The van der Waals surface area contributed by atoms with E-state index in [0.717, 1.165) is 5.57 Å². The van der Waals surface area contributed by atoms with Crippen molar-refractivity contribution in [2.45, 2.75) is 145 Å². The molecule has 0 spiro atoms. The van der Waals surface area contributed by atoms with Gasteiger partial charge in [-0.3, -0.25) is 4.79 Å². The van der Waals surface area contributed by atoms with Gasteiger partial charge in [0.1, 0.15) is 73.2 Å². The van der Waals surface area contributed by atoms with Crippen LogP contribution in [-0.2, 0) is 33.2 Å². The fourth-order valence-corrected chi connectivity index (χ4v) is 7.07. The van der Waals surface area contributed by atoms with Crippen molar-refractivity contribution in [1.29, 1.82) is 0 Å². The van der Waals surface area contributed by atoms with Gasteiger partial charge in [0, 0.05) is 6.42 Å². The van der Waals surface area contributed by atoms with Crippen LogP contribution in [0.15, 0.2) is 11.6 Å². The lowest BCUT2D eigenvalue weighted by Crippen LogP contribution is -2.66. The summed E-state index contributed by atoms with van der Waals surface area (Å²) in [5.74, 6) is 0.223.